The third kappa shape index (κ3) is 4.33. The van der Waals surface area contributed by atoms with Crippen molar-refractivity contribution in [3.05, 3.63) is 34.9 Å². The van der Waals surface area contributed by atoms with Gasteiger partial charge in [0.25, 0.3) is 0 Å². The van der Waals surface area contributed by atoms with Crippen LogP contribution in [0.15, 0.2) is 18.2 Å². The number of rotatable bonds is 4. The molecule has 0 aromatic heterocycles. The molecule has 20 heavy (non-hydrogen) atoms. The summed E-state index contributed by atoms with van der Waals surface area (Å²) >= 11 is 0. The largest absolute Gasteiger partial charge is 0.247 e. The van der Waals surface area contributed by atoms with Crippen LogP contribution >= 0.6 is 0 Å². The van der Waals surface area contributed by atoms with Gasteiger partial charge in [0.05, 0.1) is 0 Å². The van der Waals surface area contributed by atoms with Crippen LogP contribution in [0.3, 0.4) is 0 Å². The van der Waals surface area contributed by atoms with Crippen LogP contribution in [0.1, 0.15) is 78.0 Å². The highest BCUT2D eigenvalue weighted by molar-refractivity contribution is 5.43. The van der Waals surface area contributed by atoms with E-state index in [1.807, 2.05) is 6.92 Å². The molecule has 0 aliphatic rings. The van der Waals surface area contributed by atoms with E-state index >= 15 is 0 Å². The summed E-state index contributed by atoms with van der Waals surface area (Å²) in [6.45, 7) is 15.5. The van der Waals surface area contributed by atoms with E-state index in [1.54, 1.807) is 0 Å². The van der Waals surface area contributed by atoms with Crippen LogP contribution in [0, 0.1) is 0 Å². The van der Waals surface area contributed by atoms with Gasteiger partial charge in [0.15, 0.2) is 0 Å². The Bertz CT molecular complexity index is 432. The van der Waals surface area contributed by atoms with E-state index in [9.17, 15) is 4.39 Å². The van der Waals surface area contributed by atoms with Crippen molar-refractivity contribution in [2.24, 2.45) is 0 Å². The zero-order chi connectivity index (χ0) is 15.6. The van der Waals surface area contributed by atoms with Crippen LogP contribution in [0.2, 0.25) is 0 Å². The SMILES string of the molecule is CCC(F)CCc1cccc(C(C)(C)C)c1C(C)(C)C. The first-order valence-electron chi connectivity index (χ1n) is 7.84. The monoisotopic (exact) mass is 278 g/mol. The van der Waals surface area contributed by atoms with E-state index in [1.165, 1.54) is 16.7 Å². The smallest absolute Gasteiger partial charge is 0.100 e. The average Bonchev–Trinajstić information content (AvgIpc) is 2.33. The molecule has 1 aromatic carbocycles. The molecule has 0 saturated carbocycles. The van der Waals surface area contributed by atoms with Gasteiger partial charge in [0.2, 0.25) is 0 Å². The Balaban J connectivity index is 3.24. The Kier molecular flexibility index (Phi) is 5.40. The average molecular weight is 278 g/mol. The van der Waals surface area contributed by atoms with Gasteiger partial charge >= 0.3 is 0 Å². The van der Waals surface area contributed by atoms with Crippen molar-refractivity contribution < 1.29 is 4.39 Å². The summed E-state index contributed by atoms with van der Waals surface area (Å²) in [6.07, 6.45) is 1.41. The first-order valence-corrected chi connectivity index (χ1v) is 7.84. The van der Waals surface area contributed by atoms with Gasteiger partial charge < -0.3 is 0 Å². The maximum absolute atomic E-state index is 13.6. The number of aryl methyl sites for hydroxylation is 1. The molecule has 0 spiro atoms. The minimum Gasteiger partial charge on any atom is -0.247 e. The van der Waals surface area contributed by atoms with Gasteiger partial charge in [-0.3, -0.25) is 0 Å². The van der Waals surface area contributed by atoms with E-state index in [0.717, 1.165) is 6.42 Å². The van der Waals surface area contributed by atoms with Crippen LogP contribution < -0.4 is 0 Å². The molecule has 1 heteroatoms. The highest BCUT2D eigenvalue weighted by atomic mass is 19.1. The molecule has 0 saturated heterocycles. The second-order valence-electron chi connectivity index (χ2n) is 7.88. The molecule has 0 heterocycles. The molecule has 0 fully saturated rings. The first-order chi connectivity index (χ1) is 9.07. The van der Waals surface area contributed by atoms with Crippen LogP contribution in [-0.2, 0) is 17.3 Å². The number of hydrogen-bond acceptors (Lipinski definition) is 0. The topological polar surface area (TPSA) is 0 Å². The van der Waals surface area contributed by atoms with Crippen LogP contribution in [0.25, 0.3) is 0 Å². The Morgan fingerprint density at radius 2 is 1.60 bits per heavy atom. The maximum atomic E-state index is 13.6. The third-order valence-corrected chi connectivity index (χ3v) is 3.88. The zero-order valence-electron chi connectivity index (χ0n) is 14.3. The molecule has 114 valence electrons. The molecular weight excluding hydrogens is 247 g/mol. The number of alkyl halides is 1. The molecule has 1 aromatic rings. The van der Waals surface area contributed by atoms with Crippen LogP contribution in [0.5, 0.6) is 0 Å². The molecule has 0 N–H and O–H groups in total. The zero-order valence-corrected chi connectivity index (χ0v) is 14.3. The predicted molar refractivity (Wildman–Crippen MR) is 87.4 cm³/mol. The minimum atomic E-state index is -0.680. The Labute approximate surface area is 124 Å². The lowest BCUT2D eigenvalue weighted by Crippen LogP contribution is -2.24. The second-order valence-corrected chi connectivity index (χ2v) is 7.88. The molecule has 1 unspecified atom stereocenters. The van der Waals surface area contributed by atoms with E-state index < -0.39 is 6.17 Å². The molecule has 0 aliphatic heterocycles. The summed E-state index contributed by atoms with van der Waals surface area (Å²) in [5.41, 5.74) is 4.35. The summed E-state index contributed by atoms with van der Waals surface area (Å²) in [6, 6.07) is 6.54. The Morgan fingerprint density at radius 3 is 2.05 bits per heavy atom. The molecule has 0 aliphatic carbocycles. The summed E-state index contributed by atoms with van der Waals surface area (Å²) in [4.78, 5) is 0. The summed E-state index contributed by atoms with van der Waals surface area (Å²) < 4.78 is 13.6. The van der Waals surface area contributed by atoms with Crippen molar-refractivity contribution in [2.75, 3.05) is 0 Å². The second kappa shape index (κ2) is 6.28. The van der Waals surface area contributed by atoms with Gasteiger partial charge in [-0.15, -0.1) is 0 Å². The summed E-state index contributed by atoms with van der Waals surface area (Å²) in [7, 11) is 0. The third-order valence-electron chi connectivity index (χ3n) is 3.88. The number of halogens is 1. The summed E-state index contributed by atoms with van der Waals surface area (Å²) in [5.74, 6) is 0. The fourth-order valence-electron chi connectivity index (χ4n) is 2.84. The molecule has 0 radical (unpaired) electrons. The van der Waals surface area contributed by atoms with Gasteiger partial charge in [-0.1, -0.05) is 66.7 Å². The van der Waals surface area contributed by atoms with Gasteiger partial charge in [-0.05, 0) is 46.8 Å². The molecule has 1 rings (SSSR count). The summed E-state index contributed by atoms with van der Waals surface area (Å²) in [5, 5.41) is 0. The standard InChI is InChI=1S/C19H31F/c1-8-15(20)13-12-14-10-9-11-16(18(2,3)4)17(14)19(5,6)7/h9-11,15H,8,12-13H2,1-7H3. The Morgan fingerprint density at radius 1 is 1.00 bits per heavy atom. The van der Waals surface area contributed by atoms with Crippen molar-refractivity contribution in [3.63, 3.8) is 0 Å². The molecular formula is C19H31F. The number of hydrogen-bond donors (Lipinski definition) is 0. The fraction of sp³-hybridized carbons (Fsp3) is 0.684. The van der Waals surface area contributed by atoms with E-state index in [0.29, 0.717) is 12.8 Å². The van der Waals surface area contributed by atoms with Gasteiger partial charge in [-0.25, -0.2) is 4.39 Å². The first kappa shape index (κ1) is 17.2. The van der Waals surface area contributed by atoms with E-state index in [4.69, 9.17) is 0 Å². The van der Waals surface area contributed by atoms with Crippen molar-refractivity contribution >= 4 is 0 Å². The fourth-order valence-corrected chi connectivity index (χ4v) is 2.84. The minimum absolute atomic E-state index is 0.0945. The van der Waals surface area contributed by atoms with Crippen molar-refractivity contribution in [2.45, 2.75) is 84.7 Å². The van der Waals surface area contributed by atoms with Crippen LogP contribution in [-0.4, -0.2) is 6.17 Å². The lowest BCUT2D eigenvalue weighted by molar-refractivity contribution is 0.305. The van der Waals surface area contributed by atoms with Gasteiger partial charge in [0, 0.05) is 0 Å². The van der Waals surface area contributed by atoms with Crippen molar-refractivity contribution in [3.8, 4) is 0 Å². The van der Waals surface area contributed by atoms with Crippen molar-refractivity contribution in [1.82, 2.24) is 0 Å². The highest BCUT2D eigenvalue weighted by Gasteiger charge is 2.27. The maximum Gasteiger partial charge on any atom is 0.100 e. The van der Waals surface area contributed by atoms with Gasteiger partial charge in [-0.2, -0.15) is 0 Å². The molecule has 1 atom stereocenters. The molecule has 0 nitrogen and oxygen atoms in total. The highest BCUT2D eigenvalue weighted by Crippen LogP contribution is 2.36. The molecule has 0 amide bonds. The van der Waals surface area contributed by atoms with E-state index in [2.05, 4.69) is 59.7 Å². The quantitative estimate of drug-likeness (QED) is 0.637. The van der Waals surface area contributed by atoms with Gasteiger partial charge in [0.1, 0.15) is 6.17 Å². The van der Waals surface area contributed by atoms with Crippen molar-refractivity contribution in [1.29, 1.82) is 0 Å². The number of benzene rings is 1. The molecule has 0 bridgehead atoms. The normalized spacial score (nSPS) is 14.4. The lowest BCUT2D eigenvalue weighted by Gasteiger charge is -2.32. The van der Waals surface area contributed by atoms with Crippen LogP contribution in [0.4, 0.5) is 4.39 Å². The predicted octanol–water partition coefficient (Wildman–Crippen LogP) is 5.96. The lowest BCUT2D eigenvalue weighted by atomic mass is 9.72. The Hall–Kier alpha value is -0.850. The van der Waals surface area contributed by atoms with E-state index in [-0.39, 0.29) is 10.8 Å².